The Morgan fingerprint density at radius 3 is 3.12 bits per heavy atom. The molecule has 43 valence electrons. The highest BCUT2D eigenvalue weighted by Crippen LogP contribution is 1.81. The molecule has 1 radical (unpaired) electrons. The van der Waals surface area contributed by atoms with E-state index in [9.17, 15) is 4.39 Å². The minimum atomic E-state index is -0.366. The number of rotatable bonds is 2. The van der Waals surface area contributed by atoms with E-state index in [1.807, 2.05) is 0 Å². The zero-order valence-electron chi connectivity index (χ0n) is 4.34. The molecule has 0 atom stereocenters. The van der Waals surface area contributed by atoms with Crippen LogP contribution in [0.25, 0.3) is 0 Å². The molecule has 1 aromatic heterocycles. The predicted octanol–water partition coefficient (Wildman–Crippen LogP) is 0.653. The second kappa shape index (κ2) is 2.45. The zero-order chi connectivity index (χ0) is 5.82. The van der Waals surface area contributed by atoms with Crippen LogP contribution < -0.4 is 0 Å². The first-order valence-corrected chi connectivity index (χ1v) is 2.38. The molecular formula is C5H6FN2. The SMILES string of the molecule is FCCn1c[c]cn1. The standard InChI is InChI=1S/C5H6FN2/c6-2-5-8-4-1-3-7-8/h3-4H,2,5H2. The van der Waals surface area contributed by atoms with Gasteiger partial charge in [-0.25, -0.2) is 4.39 Å². The van der Waals surface area contributed by atoms with Crippen molar-refractivity contribution in [2.24, 2.45) is 0 Å². The van der Waals surface area contributed by atoms with E-state index in [0.717, 1.165) is 0 Å². The number of aromatic nitrogens is 2. The quantitative estimate of drug-likeness (QED) is 0.550. The highest BCUT2D eigenvalue weighted by molar-refractivity contribution is 4.73. The van der Waals surface area contributed by atoms with Crippen LogP contribution in [-0.4, -0.2) is 16.5 Å². The topological polar surface area (TPSA) is 17.8 Å². The molecule has 0 bridgehead atoms. The van der Waals surface area contributed by atoms with Gasteiger partial charge in [0.05, 0.1) is 12.7 Å². The highest BCUT2D eigenvalue weighted by Gasteiger charge is 1.85. The third-order valence-corrected chi connectivity index (χ3v) is 0.818. The first-order valence-electron chi connectivity index (χ1n) is 2.38. The molecule has 2 nitrogen and oxygen atoms in total. The maximum atomic E-state index is 11.5. The van der Waals surface area contributed by atoms with Gasteiger partial charge in [0.2, 0.25) is 0 Å². The van der Waals surface area contributed by atoms with E-state index in [4.69, 9.17) is 0 Å². The second-order valence-electron chi connectivity index (χ2n) is 1.39. The number of hydrogen-bond acceptors (Lipinski definition) is 1. The Hall–Kier alpha value is -0.860. The third kappa shape index (κ3) is 1.05. The molecule has 0 aliphatic heterocycles. The van der Waals surface area contributed by atoms with Crippen LogP contribution in [0.15, 0.2) is 12.4 Å². The van der Waals surface area contributed by atoms with Crippen molar-refractivity contribution in [2.45, 2.75) is 6.54 Å². The molecule has 0 N–H and O–H groups in total. The predicted molar refractivity (Wildman–Crippen MR) is 27.0 cm³/mol. The van der Waals surface area contributed by atoms with Crippen LogP contribution in [0, 0.1) is 6.07 Å². The van der Waals surface area contributed by atoms with Crippen molar-refractivity contribution in [1.29, 1.82) is 0 Å². The van der Waals surface area contributed by atoms with E-state index in [-0.39, 0.29) is 6.67 Å². The summed E-state index contributed by atoms with van der Waals surface area (Å²) in [7, 11) is 0. The summed E-state index contributed by atoms with van der Waals surface area (Å²) in [6.45, 7) is -0.0288. The molecule has 0 aromatic carbocycles. The van der Waals surface area contributed by atoms with E-state index in [0.29, 0.717) is 6.54 Å². The molecule has 0 fully saturated rings. The van der Waals surface area contributed by atoms with Crippen molar-refractivity contribution in [3.63, 3.8) is 0 Å². The van der Waals surface area contributed by atoms with Gasteiger partial charge in [0.25, 0.3) is 0 Å². The molecule has 0 unspecified atom stereocenters. The summed E-state index contributed by atoms with van der Waals surface area (Å²) >= 11 is 0. The number of alkyl halides is 1. The van der Waals surface area contributed by atoms with Crippen LogP contribution in [0.5, 0.6) is 0 Å². The monoisotopic (exact) mass is 113 g/mol. The van der Waals surface area contributed by atoms with Gasteiger partial charge in [-0.05, 0) is 0 Å². The van der Waals surface area contributed by atoms with Gasteiger partial charge < -0.3 is 0 Å². The average molecular weight is 113 g/mol. The molecular weight excluding hydrogens is 107 g/mol. The summed E-state index contributed by atoms with van der Waals surface area (Å²) in [5.74, 6) is 0. The molecule has 1 heterocycles. The van der Waals surface area contributed by atoms with Gasteiger partial charge in [0.1, 0.15) is 6.67 Å². The van der Waals surface area contributed by atoms with Gasteiger partial charge >= 0.3 is 0 Å². The summed E-state index contributed by atoms with van der Waals surface area (Å²) in [4.78, 5) is 0. The summed E-state index contributed by atoms with van der Waals surface area (Å²) in [6.07, 6.45) is 3.12. The van der Waals surface area contributed by atoms with Gasteiger partial charge in [-0.1, -0.05) is 0 Å². The number of aryl methyl sites for hydroxylation is 1. The summed E-state index contributed by atoms with van der Waals surface area (Å²) in [5.41, 5.74) is 0. The summed E-state index contributed by atoms with van der Waals surface area (Å²) in [6, 6.07) is 2.70. The molecule has 0 saturated carbocycles. The number of hydrogen-bond donors (Lipinski definition) is 0. The Balaban J connectivity index is 2.50. The fourth-order valence-corrected chi connectivity index (χ4v) is 0.469. The molecule has 0 aliphatic rings. The van der Waals surface area contributed by atoms with Crippen molar-refractivity contribution in [2.75, 3.05) is 6.67 Å². The highest BCUT2D eigenvalue weighted by atomic mass is 19.1. The lowest BCUT2D eigenvalue weighted by atomic mass is 10.7. The van der Waals surface area contributed by atoms with Crippen LogP contribution in [0.1, 0.15) is 0 Å². The Bertz CT molecular complexity index is 136. The van der Waals surface area contributed by atoms with Crippen molar-refractivity contribution in [3.05, 3.63) is 18.5 Å². The van der Waals surface area contributed by atoms with Gasteiger partial charge in [-0.2, -0.15) is 5.10 Å². The lowest BCUT2D eigenvalue weighted by Crippen LogP contribution is -1.98. The van der Waals surface area contributed by atoms with Crippen LogP contribution >= 0.6 is 0 Å². The molecule has 0 amide bonds. The zero-order valence-corrected chi connectivity index (χ0v) is 4.34. The Morgan fingerprint density at radius 1 is 1.75 bits per heavy atom. The lowest BCUT2D eigenvalue weighted by Gasteiger charge is -1.90. The van der Waals surface area contributed by atoms with Gasteiger partial charge in [-0.15, -0.1) is 0 Å². The maximum absolute atomic E-state index is 11.5. The summed E-state index contributed by atoms with van der Waals surface area (Å²) in [5, 5.41) is 3.73. The minimum Gasteiger partial charge on any atom is -0.269 e. The number of halogens is 1. The maximum Gasteiger partial charge on any atom is 0.109 e. The molecule has 1 rings (SSSR count). The Labute approximate surface area is 46.9 Å². The Morgan fingerprint density at radius 2 is 2.62 bits per heavy atom. The van der Waals surface area contributed by atoms with E-state index >= 15 is 0 Å². The van der Waals surface area contributed by atoms with E-state index in [2.05, 4.69) is 11.2 Å². The first-order chi connectivity index (χ1) is 3.93. The largest absolute Gasteiger partial charge is 0.269 e. The smallest absolute Gasteiger partial charge is 0.109 e. The van der Waals surface area contributed by atoms with E-state index < -0.39 is 0 Å². The molecule has 0 spiro atoms. The normalized spacial score (nSPS) is 9.62. The van der Waals surface area contributed by atoms with Gasteiger partial charge in [0.15, 0.2) is 0 Å². The number of nitrogens with zero attached hydrogens (tertiary/aromatic N) is 2. The fourth-order valence-electron chi connectivity index (χ4n) is 0.469. The van der Waals surface area contributed by atoms with Crippen LogP contribution in [0.3, 0.4) is 0 Å². The van der Waals surface area contributed by atoms with Crippen molar-refractivity contribution >= 4 is 0 Å². The van der Waals surface area contributed by atoms with E-state index in [1.54, 1.807) is 6.20 Å². The Kier molecular flexibility index (Phi) is 1.62. The average Bonchev–Trinajstić information content (AvgIpc) is 2.19. The van der Waals surface area contributed by atoms with Crippen molar-refractivity contribution < 1.29 is 4.39 Å². The molecule has 1 aromatic rings. The van der Waals surface area contributed by atoms with E-state index in [1.165, 1.54) is 10.9 Å². The van der Waals surface area contributed by atoms with Gasteiger partial charge in [-0.3, -0.25) is 4.68 Å². The minimum absolute atomic E-state index is 0.337. The van der Waals surface area contributed by atoms with Crippen LogP contribution in [0.4, 0.5) is 4.39 Å². The second-order valence-corrected chi connectivity index (χ2v) is 1.39. The lowest BCUT2D eigenvalue weighted by molar-refractivity contribution is 0.427. The molecule has 8 heavy (non-hydrogen) atoms. The molecule has 0 saturated heterocycles. The van der Waals surface area contributed by atoms with Crippen LogP contribution in [-0.2, 0) is 6.54 Å². The molecule has 3 heteroatoms. The summed E-state index contributed by atoms with van der Waals surface area (Å²) < 4.78 is 13.0. The van der Waals surface area contributed by atoms with Crippen molar-refractivity contribution in [1.82, 2.24) is 9.78 Å². The van der Waals surface area contributed by atoms with Crippen molar-refractivity contribution in [3.8, 4) is 0 Å². The van der Waals surface area contributed by atoms with Crippen LogP contribution in [0.2, 0.25) is 0 Å². The fraction of sp³-hybridized carbons (Fsp3) is 0.400. The first kappa shape index (κ1) is 5.28. The van der Waals surface area contributed by atoms with Gasteiger partial charge in [0, 0.05) is 12.3 Å². The molecule has 0 aliphatic carbocycles. The third-order valence-electron chi connectivity index (χ3n) is 0.818.